The van der Waals surface area contributed by atoms with E-state index < -0.39 is 5.97 Å². The Morgan fingerprint density at radius 1 is 1.33 bits per heavy atom. The Balaban J connectivity index is 1.96. The van der Waals surface area contributed by atoms with Crippen molar-refractivity contribution in [3.05, 3.63) is 15.6 Å². The molecule has 3 rings (SSSR count). The number of nitrogens with two attached hydrogens (primary N) is 1. The fourth-order valence-electron chi connectivity index (χ4n) is 2.73. The van der Waals surface area contributed by atoms with Crippen LogP contribution < -0.4 is 5.73 Å². The smallest absolute Gasteiger partial charge is 0.347 e. The molecule has 98 valence electrons. The number of aromatic carboxylic acids is 1. The summed E-state index contributed by atoms with van der Waals surface area (Å²) < 4.78 is 0. The Bertz CT molecular complexity index is 473. The SMILES string of the molecule is NC1(c2nc(C3CC3)c(C(=O)O)s2)CCCCC1. The molecule has 4 nitrogen and oxygen atoms in total. The summed E-state index contributed by atoms with van der Waals surface area (Å²) in [6.07, 6.45) is 7.48. The third-order valence-corrected chi connectivity index (χ3v) is 5.26. The first-order chi connectivity index (χ1) is 8.60. The quantitative estimate of drug-likeness (QED) is 0.882. The third kappa shape index (κ3) is 2.06. The molecular weight excluding hydrogens is 248 g/mol. The van der Waals surface area contributed by atoms with E-state index in [-0.39, 0.29) is 5.54 Å². The molecule has 3 N–H and O–H groups in total. The molecule has 2 aliphatic rings. The van der Waals surface area contributed by atoms with E-state index in [9.17, 15) is 9.90 Å². The van der Waals surface area contributed by atoms with E-state index in [1.54, 1.807) is 0 Å². The van der Waals surface area contributed by atoms with E-state index in [0.717, 1.165) is 49.2 Å². The lowest BCUT2D eigenvalue weighted by molar-refractivity contribution is 0.0700. The second-order valence-electron chi connectivity index (χ2n) is 5.53. The van der Waals surface area contributed by atoms with E-state index >= 15 is 0 Å². The monoisotopic (exact) mass is 266 g/mol. The van der Waals surface area contributed by atoms with Gasteiger partial charge in [0.1, 0.15) is 9.88 Å². The van der Waals surface area contributed by atoms with Gasteiger partial charge >= 0.3 is 5.97 Å². The van der Waals surface area contributed by atoms with Crippen molar-refractivity contribution in [3.63, 3.8) is 0 Å². The van der Waals surface area contributed by atoms with Crippen molar-refractivity contribution in [1.29, 1.82) is 0 Å². The second-order valence-corrected chi connectivity index (χ2v) is 6.53. The number of hydrogen-bond acceptors (Lipinski definition) is 4. The van der Waals surface area contributed by atoms with Gasteiger partial charge in [0.2, 0.25) is 0 Å². The van der Waals surface area contributed by atoms with Crippen LogP contribution in [0.25, 0.3) is 0 Å². The molecule has 0 aliphatic heterocycles. The molecule has 0 unspecified atom stereocenters. The van der Waals surface area contributed by atoms with E-state index in [2.05, 4.69) is 4.98 Å². The second kappa shape index (κ2) is 4.31. The zero-order valence-electron chi connectivity index (χ0n) is 10.3. The van der Waals surface area contributed by atoms with Crippen molar-refractivity contribution in [1.82, 2.24) is 4.98 Å². The average Bonchev–Trinajstić information content (AvgIpc) is 3.08. The maximum Gasteiger partial charge on any atom is 0.347 e. The molecule has 2 saturated carbocycles. The Kier molecular flexibility index (Phi) is 2.90. The zero-order valence-corrected chi connectivity index (χ0v) is 11.1. The van der Waals surface area contributed by atoms with Gasteiger partial charge in [-0.15, -0.1) is 11.3 Å². The predicted octanol–water partition coefficient (Wildman–Crippen LogP) is 2.84. The molecule has 0 amide bonds. The molecule has 0 atom stereocenters. The number of carbonyl (C=O) groups is 1. The van der Waals surface area contributed by atoms with Crippen LogP contribution in [-0.4, -0.2) is 16.1 Å². The molecule has 2 aliphatic carbocycles. The summed E-state index contributed by atoms with van der Waals surface area (Å²) in [5, 5.41) is 10.1. The molecule has 0 saturated heterocycles. The van der Waals surface area contributed by atoms with Gasteiger partial charge in [-0.2, -0.15) is 0 Å². The van der Waals surface area contributed by atoms with Crippen molar-refractivity contribution in [3.8, 4) is 0 Å². The summed E-state index contributed by atoms with van der Waals surface area (Å²) in [5.74, 6) is -0.478. The lowest BCUT2D eigenvalue weighted by atomic mass is 9.83. The van der Waals surface area contributed by atoms with Crippen molar-refractivity contribution >= 4 is 17.3 Å². The van der Waals surface area contributed by atoms with Gasteiger partial charge in [-0.05, 0) is 25.7 Å². The van der Waals surface area contributed by atoms with Crippen LogP contribution in [0.2, 0.25) is 0 Å². The number of thiazole rings is 1. The van der Waals surface area contributed by atoms with Crippen molar-refractivity contribution in [2.75, 3.05) is 0 Å². The molecule has 0 aromatic carbocycles. The Morgan fingerprint density at radius 2 is 2.00 bits per heavy atom. The van der Waals surface area contributed by atoms with Crippen LogP contribution in [0.1, 0.15) is 71.2 Å². The summed E-state index contributed by atoms with van der Waals surface area (Å²) in [6.45, 7) is 0. The zero-order chi connectivity index (χ0) is 12.8. The number of nitrogens with zero attached hydrogens (tertiary/aromatic N) is 1. The first kappa shape index (κ1) is 12.1. The first-order valence-corrected chi connectivity index (χ1v) is 7.45. The average molecular weight is 266 g/mol. The molecule has 0 bridgehead atoms. The van der Waals surface area contributed by atoms with Gasteiger partial charge in [0.25, 0.3) is 0 Å². The standard InChI is InChI=1S/C13H18N2O2S/c14-13(6-2-1-3-7-13)12-15-9(8-4-5-8)10(18-12)11(16)17/h8H,1-7,14H2,(H,16,17). The Morgan fingerprint density at radius 3 is 2.56 bits per heavy atom. The normalized spacial score (nSPS) is 22.9. The fourth-order valence-corrected chi connectivity index (χ4v) is 3.88. The fraction of sp³-hybridized carbons (Fsp3) is 0.692. The van der Waals surface area contributed by atoms with Crippen LogP contribution >= 0.6 is 11.3 Å². The largest absolute Gasteiger partial charge is 0.477 e. The summed E-state index contributed by atoms with van der Waals surface area (Å²) in [6, 6.07) is 0. The van der Waals surface area contributed by atoms with Crippen LogP contribution in [0.4, 0.5) is 0 Å². The maximum absolute atomic E-state index is 11.3. The minimum Gasteiger partial charge on any atom is -0.477 e. The summed E-state index contributed by atoms with van der Waals surface area (Å²) >= 11 is 1.31. The van der Waals surface area contributed by atoms with Crippen molar-refractivity contribution < 1.29 is 9.90 Å². The molecule has 1 heterocycles. The maximum atomic E-state index is 11.3. The summed E-state index contributed by atoms with van der Waals surface area (Å²) in [4.78, 5) is 16.3. The van der Waals surface area contributed by atoms with Crippen LogP contribution in [0, 0.1) is 0 Å². The third-order valence-electron chi connectivity index (χ3n) is 3.98. The van der Waals surface area contributed by atoms with Crippen LogP contribution in [0.15, 0.2) is 0 Å². The molecule has 0 radical (unpaired) electrons. The first-order valence-electron chi connectivity index (χ1n) is 6.63. The number of hydrogen-bond donors (Lipinski definition) is 2. The summed E-state index contributed by atoms with van der Waals surface area (Å²) in [5.41, 5.74) is 6.85. The number of carboxylic acids is 1. The van der Waals surface area contributed by atoms with E-state index in [1.165, 1.54) is 17.8 Å². The predicted molar refractivity (Wildman–Crippen MR) is 70.0 cm³/mol. The number of carboxylic acid groups (broad SMARTS) is 1. The van der Waals surface area contributed by atoms with Gasteiger partial charge in [0, 0.05) is 5.92 Å². The molecule has 1 aromatic rings. The van der Waals surface area contributed by atoms with E-state index in [1.807, 2.05) is 0 Å². The number of rotatable bonds is 3. The molecular formula is C13H18N2O2S. The molecule has 5 heteroatoms. The van der Waals surface area contributed by atoms with Gasteiger partial charge in [0.05, 0.1) is 11.2 Å². The Hall–Kier alpha value is -0.940. The molecule has 0 spiro atoms. The highest BCUT2D eigenvalue weighted by Gasteiger charge is 2.38. The van der Waals surface area contributed by atoms with Crippen molar-refractivity contribution in [2.45, 2.75) is 56.4 Å². The lowest BCUT2D eigenvalue weighted by Gasteiger charge is -2.31. The van der Waals surface area contributed by atoms with Crippen LogP contribution in [0.3, 0.4) is 0 Å². The highest BCUT2D eigenvalue weighted by molar-refractivity contribution is 7.13. The summed E-state index contributed by atoms with van der Waals surface area (Å²) in [7, 11) is 0. The minimum absolute atomic E-state index is 0.369. The van der Waals surface area contributed by atoms with Gasteiger partial charge in [-0.25, -0.2) is 9.78 Å². The van der Waals surface area contributed by atoms with Gasteiger partial charge in [-0.1, -0.05) is 19.3 Å². The van der Waals surface area contributed by atoms with Crippen LogP contribution in [-0.2, 0) is 5.54 Å². The van der Waals surface area contributed by atoms with Gasteiger partial charge in [-0.3, -0.25) is 0 Å². The van der Waals surface area contributed by atoms with Gasteiger partial charge in [0.15, 0.2) is 0 Å². The minimum atomic E-state index is -0.847. The highest BCUT2D eigenvalue weighted by atomic mass is 32.1. The van der Waals surface area contributed by atoms with Gasteiger partial charge < -0.3 is 10.8 Å². The molecule has 2 fully saturated rings. The van der Waals surface area contributed by atoms with Crippen molar-refractivity contribution in [2.24, 2.45) is 5.73 Å². The molecule has 18 heavy (non-hydrogen) atoms. The van der Waals surface area contributed by atoms with E-state index in [4.69, 9.17) is 5.73 Å². The van der Waals surface area contributed by atoms with E-state index in [0.29, 0.717) is 10.8 Å². The molecule has 1 aromatic heterocycles. The highest BCUT2D eigenvalue weighted by Crippen LogP contribution is 2.45. The lowest BCUT2D eigenvalue weighted by Crippen LogP contribution is -2.38. The topological polar surface area (TPSA) is 76.2 Å². The Labute approximate surface area is 110 Å². The number of aromatic nitrogens is 1. The van der Waals surface area contributed by atoms with Crippen LogP contribution in [0.5, 0.6) is 0 Å².